The maximum absolute atomic E-state index is 9.51. The third-order valence-electron chi connectivity index (χ3n) is 3.76. The summed E-state index contributed by atoms with van der Waals surface area (Å²) in [6.45, 7) is 5.92. The molecule has 2 rings (SSSR count). The van der Waals surface area contributed by atoms with E-state index in [0.29, 0.717) is 6.42 Å². The molecule has 0 atom stereocenters. The van der Waals surface area contributed by atoms with Gasteiger partial charge in [-0.25, -0.2) is 0 Å². The molecule has 23 heavy (non-hydrogen) atoms. The zero-order valence-electron chi connectivity index (χ0n) is 13.3. The fourth-order valence-corrected chi connectivity index (χ4v) is 2.71. The molecule has 0 aromatic heterocycles. The maximum Gasteiger partial charge on any atom is 0.170 e. The first kappa shape index (κ1) is 16.6. The number of benzene rings is 2. The molecule has 0 aliphatic carbocycles. The fourth-order valence-electron chi connectivity index (χ4n) is 2.71. The molecule has 0 spiro atoms. The second kappa shape index (κ2) is 7.49. The summed E-state index contributed by atoms with van der Waals surface area (Å²) in [5.74, 6) is 0.320. The van der Waals surface area contributed by atoms with E-state index in [1.807, 2.05) is 18.2 Å². The number of phenols is 1. The lowest BCUT2D eigenvalue weighted by molar-refractivity contribution is 0.318. The highest BCUT2D eigenvalue weighted by Gasteiger charge is 2.14. The zero-order chi connectivity index (χ0) is 16.8. The molecular formula is C19H22N2O2. The largest absolute Gasteiger partial charge is 0.508 e. The van der Waals surface area contributed by atoms with E-state index in [0.717, 1.165) is 40.7 Å². The van der Waals surface area contributed by atoms with Crippen LogP contribution in [0.1, 0.15) is 30.0 Å². The summed E-state index contributed by atoms with van der Waals surface area (Å²) in [5, 5.41) is 21.8. The summed E-state index contributed by atoms with van der Waals surface area (Å²) in [4.78, 5) is 0. The summed E-state index contributed by atoms with van der Waals surface area (Å²) in [7, 11) is 0. The Bertz CT molecular complexity index is 719. The Hall–Kier alpha value is -2.75. The Balaban J connectivity index is 2.72. The number of allylic oxidation sites excluding steroid dienone is 1. The van der Waals surface area contributed by atoms with Crippen LogP contribution in [0.25, 0.3) is 11.1 Å². The van der Waals surface area contributed by atoms with E-state index < -0.39 is 0 Å². The number of oxime groups is 1. The molecule has 0 bridgehead atoms. The quantitative estimate of drug-likeness (QED) is 0.249. The molecule has 0 saturated heterocycles. The van der Waals surface area contributed by atoms with Gasteiger partial charge in [0.15, 0.2) is 5.84 Å². The van der Waals surface area contributed by atoms with Gasteiger partial charge in [-0.15, -0.1) is 6.58 Å². The topological polar surface area (TPSA) is 78.8 Å². The third-order valence-corrected chi connectivity index (χ3v) is 3.76. The van der Waals surface area contributed by atoms with Crippen LogP contribution in [0.2, 0.25) is 0 Å². The van der Waals surface area contributed by atoms with Crippen molar-refractivity contribution in [2.75, 3.05) is 0 Å². The van der Waals surface area contributed by atoms with Crippen LogP contribution in [0.4, 0.5) is 0 Å². The van der Waals surface area contributed by atoms with Crippen molar-refractivity contribution in [3.05, 3.63) is 65.7 Å². The second-order valence-corrected chi connectivity index (χ2v) is 5.44. The number of nitrogens with zero attached hydrogens (tertiary/aromatic N) is 1. The maximum atomic E-state index is 9.51. The van der Waals surface area contributed by atoms with Crippen molar-refractivity contribution < 1.29 is 10.3 Å². The third kappa shape index (κ3) is 3.72. The summed E-state index contributed by atoms with van der Waals surface area (Å²) in [5.41, 5.74) is 10.7. The van der Waals surface area contributed by atoms with Gasteiger partial charge in [0.1, 0.15) is 5.75 Å². The summed E-state index contributed by atoms with van der Waals surface area (Å²) in [6.07, 6.45) is 4.32. The Morgan fingerprint density at radius 3 is 2.52 bits per heavy atom. The van der Waals surface area contributed by atoms with Gasteiger partial charge in [-0.05, 0) is 53.3 Å². The minimum atomic E-state index is 0.0971. The van der Waals surface area contributed by atoms with Gasteiger partial charge in [-0.2, -0.15) is 0 Å². The highest BCUT2D eigenvalue weighted by Crippen LogP contribution is 2.30. The van der Waals surface area contributed by atoms with E-state index in [2.05, 4.69) is 24.7 Å². The first-order valence-corrected chi connectivity index (χ1v) is 7.64. The molecule has 0 amide bonds. The van der Waals surface area contributed by atoms with Crippen molar-refractivity contribution >= 4 is 5.84 Å². The van der Waals surface area contributed by atoms with Gasteiger partial charge in [0, 0.05) is 5.56 Å². The molecule has 0 saturated carbocycles. The minimum absolute atomic E-state index is 0.0971. The van der Waals surface area contributed by atoms with Gasteiger partial charge in [0.05, 0.1) is 0 Å². The van der Waals surface area contributed by atoms with Gasteiger partial charge in [0.25, 0.3) is 0 Å². The highest BCUT2D eigenvalue weighted by atomic mass is 16.4. The molecule has 0 aliphatic rings. The molecule has 2 aromatic rings. The van der Waals surface area contributed by atoms with Crippen molar-refractivity contribution in [1.29, 1.82) is 0 Å². The molecule has 0 heterocycles. The van der Waals surface area contributed by atoms with Crippen LogP contribution in [0, 0.1) is 0 Å². The average Bonchev–Trinajstić information content (AvgIpc) is 2.56. The Labute approximate surface area is 136 Å². The van der Waals surface area contributed by atoms with E-state index in [4.69, 9.17) is 10.9 Å². The minimum Gasteiger partial charge on any atom is -0.508 e. The normalized spacial score (nSPS) is 11.4. The number of rotatable bonds is 6. The van der Waals surface area contributed by atoms with Crippen LogP contribution in [0.15, 0.2) is 54.2 Å². The van der Waals surface area contributed by atoms with E-state index in [9.17, 15) is 5.11 Å². The smallest absolute Gasteiger partial charge is 0.170 e. The molecule has 4 heteroatoms. The highest BCUT2D eigenvalue weighted by molar-refractivity contribution is 6.00. The number of hydrogen-bond acceptors (Lipinski definition) is 3. The monoisotopic (exact) mass is 310 g/mol. The van der Waals surface area contributed by atoms with Crippen molar-refractivity contribution in [3.63, 3.8) is 0 Å². The van der Waals surface area contributed by atoms with Crippen LogP contribution in [-0.4, -0.2) is 16.1 Å². The van der Waals surface area contributed by atoms with Crippen molar-refractivity contribution in [1.82, 2.24) is 0 Å². The predicted octanol–water partition coefficient (Wildman–Crippen LogP) is 3.83. The second-order valence-electron chi connectivity index (χ2n) is 5.44. The first-order chi connectivity index (χ1) is 11.1. The van der Waals surface area contributed by atoms with Gasteiger partial charge in [-0.1, -0.05) is 42.8 Å². The lowest BCUT2D eigenvalue weighted by Gasteiger charge is -2.16. The SMILES string of the molecule is C=CCc1c(C(N)=NO)cc(CCC)cc1-c1ccc(O)cc1. The number of hydrogen-bond donors (Lipinski definition) is 3. The van der Waals surface area contributed by atoms with E-state index in [-0.39, 0.29) is 11.6 Å². The van der Waals surface area contributed by atoms with Crippen LogP contribution >= 0.6 is 0 Å². The molecular weight excluding hydrogens is 288 g/mol. The predicted molar refractivity (Wildman–Crippen MR) is 93.9 cm³/mol. The molecule has 4 nitrogen and oxygen atoms in total. The van der Waals surface area contributed by atoms with Gasteiger partial charge < -0.3 is 16.0 Å². The summed E-state index contributed by atoms with van der Waals surface area (Å²) >= 11 is 0. The summed E-state index contributed by atoms with van der Waals surface area (Å²) in [6, 6.07) is 11.1. The molecule has 4 N–H and O–H groups in total. The number of aromatic hydroxyl groups is 1. The van der Waals surface area contributed by atoms with E-state index in [1.54, 1.807) is 18.2 Å². The lowest BCUT2D eigenvalue weighted by atomic mass is 9.89. The molecule has 0 fully saturated rings. The van der Waals surface area contributed by atoms with Crippen LogP contribution < -0.4 is 5.73 Å². The van der Waals surface area contributed by atoms with E-state index >= 15 is 0 Å². The zero-order valence-corrected chi connectivity index (χ0v) is 13.3. The standard InChI is InChI=1S/C19H22N2O2/c1-3-5-13-11-17(14-7-9-15(22)10-8-14)16(6-4-2)18(12-13)19(20)21-23/h4,7-12,22-23H,2-3,5-6H2,1H3,(H2,20,21). The first-order valence-electron chi connectivity index (χ1n) is 7.64. The molecule has 120 valence electrons. The van der Waals surface area contributed by atoms with E-state index in [1.165, 1.54) is 0 Å². The lowest BCUT2D eigenvalue weighted by Crippen LogP contribution is -2.17. The molecule has 0 unspecified atom stereocenters. The van der Waals surface area contributed by atoms with Crippen LogP contribution in [0.5, 0.6) is 5.75 Å². The van der Waals surface area contributed by atoms with Gasteiger partial charge in [-0.3, -0.25) is 0 Å². The molecule has 0 aliphatic heterocycles. The van der Waals surface area contributed by atoms with Crippen molar-refractivity contribution in [2.24, 2.45) is 10.9 Å². The van der Waals surface area contributed by atoms with Crippen molar-refractivity contribution in [3.8, 4) is 16.9 Å². The van der Waals surface area contributed by atoms with Crippen LogP contribution in [0.3, 0.4) is 0 Å². The number of aryl methyl sites for hydroxylation is 1. The van der Waals surface area contributed by atoms with Gasteiger partial charge >= 0.3 is 0 Å². The number of nitrogens with two attached hydrogens (primary N) is 1. The average molecular weight is 310 g/mol. The Morgan fingerprint density at radius 2 is 1.96 bits per heavy atom. The molecule has 2 aromatic carbocycles. The summed E-state index contributed by atoms with van der Waals surface area (Å²) < 4.78 is 0. The Morgan fingerprint density at radius 1 is 1.26 bits per heavy atom. The van der Waals surface area contributed by atoms with Crippen molar-refractivity contribution in [2.45, 2.75) is 26.2 Å². The van der Waals surface area contributed by atoms with Crippen LogP contribution in [-0.2, 0) is 12.8 Å². The number of phenolic OH excluding ortho intramolecular Hbond substituents is 1. The van der Waals surface area contributed by atoms with Gasteiger partial charge in [0.2, 0.25) is 0 Å². The fraction of sp³-hybridized carbons (Fsp3) is 0.211. The Kier molecular flexibility index (Phi) is 5.41. The number of amidine groups is 1. The molecule has 0 radical (unpaired) electrons.